The summed E-state index contributed by atoms with van der Waals surface area (Å²) in [6.45, 7) is 4.24. The second-order valence-corrected chi connectivity index (χ2v) is 6.19. The van der Waals surface area contributed by atoms with Crippen LogP contribution in [0.3, 0.4) is 0 Å². The van der Waals surface area contributed by atoms with Gasteiger partial charge in [-0.2, -0.15) is 0 Å². The van der Waals surface area contributed by atoms with Crippen molar-refractivity contribution in [1.82, 2.24) is 14.6 Å². The number of nitrogens with one attached hydrogen (secondary N) is 2. The van der Waals surface area contributed by atoms with Crippen LogP contribution in [0.1, 0.15) is 39.5 Å². The third-order valence-electron chi connectivity index (χ3n) is 3.93. The first kappa shape index (κ1) is 14.1. The van der Waals surface area contributed by atoms with Gasteiger partial charge in [-0.3, -0.25) is 0 Å². The molecule has 0 radical (unpaired) electrons. The van der Waals surface area contributed by atoms with Gasteiger partial charge in [-0.15, -0.1) is 5.10 Å². The number of rotatable bonds is 4. The Kier molecular flexibility index (Phi) is 3.96. The Morgan fingerprint density at radius 2 is 2.05 bits per heavy atom. The van der Waals surface area contributed by atoms with E-state index in [9.17, 15) is 0 Å². The highest BCUT2D eigenvalue weighted by molar-refractivity contribution is 5.70. The fourth-order valence-electron chi connectivity index (χ4n) is 2.88. The third-order valence-corrected chi connectivity index (χ3v) is 3.93. The Labute approximate surface area is 125 Å². The molecule has 4 N–H and O–H groups in total. The van der Waals surface area contributed by atoms with E-state index in [1.165, 1.54) is 0 Å². The van der Waals surface area contributed by atoms with Crippen LogP contribution in [0.2, 0.25) is 0 Å². The van der Waals surface area contributed by atoms with Crippen molar-refractivity contribution in [2.24, 2.45) is 5.73 Å². The van der Waals surface area contributed by atoms with Crippen LogP contribution in [0.25, 0.3) is 5.65 Å². The molecule has 2 heterocycles. The third kappa shape index (κ3) is 3.26. The van der Waals surface area contributed by atoms with E-state index in [4.69, 9.17) is 5.73 Å². The summed E-state index contributed by atoms with van der Waals surface area (Å²) in [5, 5.41) is 11.6. The highest BCUT2D eigenvalue weighted by Crippen LogP contribution is 2.23. The van der Waals surface area contributed by atoms with E-state index in [0.717, 1.165) is 42.8 Å². The number of fused-ring (bicyclic) bond motifs is 1. The molecule has 21 heavy (non-hydrogen) atoms. The van der Waals surface area contributed by atoms with E-state index in [0.29, 0.717) is 18.1 Å². The molecular formula is C15H24N6. The zero-order valence-corrected chi connectivity index (χ0v) is 12.7. The van der Waals surface area contributed by atoms with Gasteiger partial charge in [-0.1, -0.05) is 0 Å². The molecule has 1 fully saturated rings. The van der Waals surface area contributed by atoms with Gasteiger partial charge in [0.25, 0.3) is 0 Å². The molecule has 3 rings (SSSR count). The van der Waals surface area contributed by atoms with Crippen LogP contribution in [0.15, 0.2) is 18.5 Å². The van der Waals surface area contributed by atoms with E-state index < -0.39 is 0 Å². The van der Waals surface area contributed by atoms with Gasteiger partial charge in [-0.05, 0) is 39.5 Å². The van der Waals surface area contributed by atoms with Crippen molar-refractivity contribution in [1.29, 1.82) is 0 Å². The molecule has 1 saturated carbocycles. The lowest BCUT2D eigenvalue weighted by Crippen LogP contribution is -2.33. The second kappa shape index (κ2) is 5.89. The highest BCUT2D eigenvalue weighted by Gasteiger charge is 2.19. The van der Waals surface area contributed by atoms with Crippen LogP contribution in [0, 0.1) is 0 Å². The van der Waals surface area contributed by atoms with Crippen molar-refractivity contribution >= 4 is 17.2 Å². The summed E-state index contributed by atoms with van der Waals surface area (Å²) >= 11 is 0. The minimum Gasteiger partial charge on any atom is -0.380 e. The number of imidazole rings is 1. The van der Waals surface area contributed by atoms with Gasteiger partial charge in [0.2, 0.25) is 0 Å². The van der Waals surface area contributed by atoms with Gasteiger partial charge in [0.05, 0.1) is 5.69 Å². The van der Waals surface area contributed by atoms with Crippen molar-refractivity contribution < 1.29 is 0 Å². The van der Waals surface area contributed by atoms with Crippen LogP contribution in [-0.2, 0) is 0 Å². The smallest absolute Gasteiger partial charge is 0.177 e. The zero-order valence-electron chi connectivity index (χ0n) is 12.7. The maximum atomic E-state index is 5.96. The van der Waals surface area contributed by atoms with Crippen molar-refractivity contribution in [3.05, 3.63) is 18.5 Å². The molecular weight excluding hydrogens is 264 g/mol. The Morgan fingerprint density at radius 3 is 2.76 bits per heavy atom. The lowest BCUT2D eigenvalue weighted by molar-refractivity contribution is 0.410. The SMILES string of the molecule is CC(C)Nc1cc(NC2CCC(N)CC2)nn2ccnc12. The Morgan fingerprint density at radius 1 is 1.29 bits per heavy atom. The molecule has 0 bridgehead atoms. The minimum absolute atomic E-state index is 0.355. The van der Waals surface area contributed by atoms with Gasteiger partial charge in [0.15, 0.2) is 5.65 Å². The summed E-state index contributed by atoms with van der Waals surface area (Å²) < 4.78 is 1.82. The molecule has 0 amide bonds. The van der Waals surface area contributed by atoms with Crippen LogP contribution in [-0.4, -0.2) is 32.7 Å². The molecule has 1 aliphatic rings. The van der Waals surface area contributed by atoms with Crippen LogP contribution in [0.5, 0.6) is 0 Å². The predicted molar refractivity (Wildman–Crippen MR) is 85.6 cm³/mol. The summed E-state index contributed by atoms with van der Waals surface area (Å²) in [6, 6.07) is 3.24. The lowest BCUT2D eigenvalue weighted by atomic mass is 9.92. The Bertz CT molecular complexity index is 597. The molecule has 114 valence electrons. The number of aromatic nitrogens is 3. The number of hydrogen-bond donors (Lipinski definition) is 3. The number of nitrogens with zero attached hydrogens (tertiary/aromatic N) is 3. The molecule has 0 spiro atoms. The van der Waals surface area contributed by atoms with Crippen molar-refractivity contribution in [3.8, 4) is 0 Å². The average molecular weight is 288 g/mol. The van der Waals surface area contributed by atoms with E-state index >= 15 is 0 Å². The van der Waals surface area contributed by atoms with Crippen molar-refractivity contribution in [2.75, 3.05) is 10.6 Å². The Balaban J connectivity index is 1.81. The molecule has 0 aromatic carbocycles. The second-order valence-electron chi connectivity index (χ2n) is 6.19. The topological polar surface area (TPSA) is 80.3 Å². The average Bonchev–Trinajstić information content (AvgIpc) is 2.89. The number of nitrogens with two attached hydrogens (primary N) is 1. The van der Waals surface area contributed by atoms with E-state index in [2.05, 4.69) is 40.6 Å². The molecule has 1 aliphatic carbocycles. The fourth-order valence-corrected chi connectivity index (χ4v) is 2.88. The molecule has 6 heteroatoms. The predicted octanol–water partition coefficient (Wildman–Crippen LogP) is 2.23. The van der Waals surface area contributed by atoms with Gasteiger partial charge < -0.3 is 16.4 Å². The quantitative estimate of drug-likeness (QED) is 0.804. The maximum Gasteiger partial charge on any atom is 0.177 e. The normalized spacial score (nSPS) is 22.7. The number of anilines is 2. The standard InChI is InChI=1S/C15H24N6/c1-10(2)18-13-9-14(20-21-8-7-17-15(13)21)19-12-5-3-11(16)4-6-12/h7-12,18H,3-6,16H2,1-2H3,(H,19,20). The molecule has 0 atom stereocenters. The van der Waals surface area contributed by atoms with Crippen molar-refractivity contribution in [3.63, 3.8) is 0 Å². The molecule has 2 aromatic rings. The zero-order chi connectivity index (χ0) is 14.8. The summed E-state index contributed by atoms with van der Waals surface area (Å²) in [4.78, 5) is 4.36. The van der Waals surface area contributed by atoms with E-state index in [1.54, 1.807) is 6.20 Å². The van der Waals surface area contributed by atoms with Crippen LogP contribution >= 0.6 is 0 Å². The molecule has 0 unspecified atom stereocenters. The van der Waals surface area contributed by atoms with Crippen molar-refractivity contribution in [2.45, 2.75) is 57.7 Å². The summed E-state index contributed by atoms with van der Waals surface area (Å²) in [5.74, 6) is 0.893. The lowest BCUT2D eigenvalue weighted by Gasteiger charge is -2.27. The maximum absolute atomic E-state index is 5.96. The summed E-state index contributed by atoms with van der Waals surface area (Å²) in [6.07, 6.45) is 8.04. The van der Waals surface area contributed by atoms with Gasteiger partial charge in [-0.25, -0.2) is 9.50 Å². The van der Waals surface area contributed by atoms with E-state index in [-0.39, 0.29) is 0 Å². The summed E-state index contributed by atoms with van der Waals surface area (Å²) in [5.41, 5.74) is 7.84. The first-order valence-corrected chi connectivity index (χ1v) is 7.75. The molecule has 6 nitrogen and oxygen atoms in total. The largest absolute Gasteiger partial charge is 0.380 e. The molecule has 0 aliphatic heterocycles. The van der Waals surface area contributed by atoms with Crippen LogP contribution < -0.4 is 16.4 Å². The monoisotopic (exact) mass is 288 g/mol. The number of hydrogen-bond acceptors (Lipinski definition) is 5. The minimum atomic E-state index is 0.355. The van der Waals surface area contributed by atoms with Gasteiger partial charge in [0, 0.05) is 36.6 Å². The summed E-state index contributed by atoms with van der Waals surface area (Å²) in [7, 11) is 0. The Hall–Kier alpha value is -1.82. The molecule has 2 aromatic heterocycles. The van der Waals surface area contributed by atoms with Crippen LogP contribution in [0.4, 0.5) is 11.5 Å². The fraction of sp³-hybridized carbons (Fsp3) is 0.600. The molecule has 0 saturated heterocycles. The highest BCUT2D eigenvalue weighted by atomic mass is 15.3. The first-order valence-electron chi connectivity index (χ1n) is 7.75. The first-order chi connectivity index (χ1) is 10.1. The van der Waals surface area contributed by atoms with Gasteiger partial charge in [0.1, 0.15) is 5.82 Å². The van der Waals surface area contributed by atoms with E-state index in [1.807, 2.05) is 10.7 Å². The van der Waals surface area contributed by atoms with Gasteiger partial charge >= 0.3 is 0 Å².